The first-order chi connectivity index (χ1) is 20.2. The highest BCUT2D eigenvalue weighted by molar-refractivity contribution is 6.31. The lowest BCUT2D eigenvalue weighted by molar-refractivity contribution is -0.141. The summed E-state index contributed by atoms with van der Waals surface area (Å²) in [4.78, 5) is 26.5. The monoisotopic (exact) mass is 589 g/mol. The highest BCUT2D eigenvalue weighted by atomic mass is 35.5. The van der Waals surface area contributed by atoms with Crippen molar-refractivity contribution in [3.8, 4) is 28.3 Å². The molecule has 1 aliphatic heterocycles. The molecule has 2 aromatic carbocycles. The van der Waals surface area contributed by atoms with E-state index in [2.05, 4.69) is 30.5 Å². The Morgan fingerprint density at radius 3 is 2.79 bits per heavy atom. The molecule has 1 fully saturated rings. The van der Waals surface area contributed by atoms with Gasteiger partial charge in [0.25, 0.3) is 5.56 Å². The molecule has 1 saturated carbocycles. The first-order valence-electron chi connectivity index (χ1n) is 13.1. The predicted molar refractivity (Wildman–Crippen MR) is 146 cm³/mol. The number of alkyl halides is 3. The van der Waals surface area contributed by atoms with E-state index in [9.17, 15) is 18.0 Å². The van der Waals surface area contributed by atoms with Crippen LogP contribution in [-0.4, -0.2) is 44.7 Å². The maximum Gasteiger partial charge on any atom is 0.436 e. The lowest BCUT2D eigenvalue weighted by Crippen LogP contribution is -2.27. The minimum atomic E-state index is -4.65. The van der Waals surface area contributed by atoms with Gasteiger partial charge in [0.2, 0.25) is 0 Å². The number of aromatic amines is 2. The van der Waals surface area contributed by atoms with Crippen molar-refractivity contribution in [2.75, 3.05) is 0 Å². The van der Waals surface area contributed by atoms with E-state index >= 15 is 0 Å². The molecule has 42 heavy (non-hydrogen) atoms. The molecule has 0 radical (unpaired) electrons. The van der Waals surface area contributed by atoms with Crippen LogP contribution in [0, 0.1) is 12.8 Å². The number of nitrogens with zero attached hydrogens (tertiary/aromatic N) is 7. The van der Waals surface area contributed by atoms with E-state index in [4.69, 9.17) is 16.6 Å². The van der Waals surface area contributed by atoms with Gasteiger partial charge in [0.1, 0.15) is 11.6 Å². The molecule has 2 aliphatic rings. The van der Waals surface area contributed by atoms with Crippen molar-refractivity contribution in [2.45, 2.75) is 31.5 Å². The third kappa shape index (κ3) is 3.80. The van der Waals surface area contributed by atoms with E-state index in [0.29, 0.717) is 27.9 Å². The van der Waals surface area contributed by atoms with Crippen LogP contribution in [0.25, 0.3) is 39.2 Å². The minimum Gasteiger partial charge on any atom is -0.340 e. The van der Waals surface area contributed by atoms with Crippen LogP contribution in [0.15, 0.2) is 59.7 Å². The zero-order valence-electron chi connectivity index (χ0n) is 21.7. The minimum absolute atomic E-state index is 0.0728. The second-order valence-corrected chi connectivity index (χ2v) is 11.1. The first-order valence-corrected chi connectivity index (χ1v) is 13.5. The highest BCUT2D eigenvalue weighted by Crippen LogP contribution is 2.60. The second kappa shape index (κ2) is 8.61. The molecule has 0 saturated heterocycles. The van der Waals surface area contributed by atoms with Gasteiger partial charge in [-0.15, -0.1) is 5.10 Å². The molecule has 10 nitrogen and oxygen atoms in total. The largest absolute Gasteiger partial charge is 0.436 e. The van der Waals surface area contributed by atoms with Crippen molar-refractivity contribution in [1.29, 1.82) is 0 Å². The average molecular weight is 590 g/mol. The van der Waals surface area contributed by atoms with Crippen LogP contribution < -0.4 is 5.56 Å². The summed E-state index contributed by atoms with van der Waals surface area (Å²) in [6.07, 6.45) is -1.25. The number of hydrogen-bond acceptors (Lipinski definition) is 6. The van der Waals surface area contributed by atoms with E-state index in [1.807, 2.05) is 25.1 Å². The summed E-state index contributed by atoms with van der Waals surface area (Å²) in [6, 6.07) is 11.7. The van der Waals surface area contributed by atoms with Gasteiger partial charge in [-0.3, -0.25) is 14.5 Å². The Hall–Kier alpha value is -4.78. The van der Waals surface area contributed by atoms with E-state index in [0.717, 1.165) is 45.2 Å². The molecule has 0 amide bonds. The quantitative estimate of drug-likeness (QED) is 0.282. The fraction of sp³-hybridized carbons (Fsp3) is 0.214. The Labute approximate surface area is 239 Å². The molecule has 2 N–H and O–H groups in total. The standard InChI is InChI=1S/C28H19ClF3N9O/c1-12-15-4-2-13(6-20(15)37-36-12)26-33-10-21(34-26)25-16-8-17(16)27-35-19(9-24(42)41(25)27)18-7-14(29)3-5-22(18)40-11-23(38-39-40)28(30,31)32/h2-7,9-11,16-17,25H,8H2,1H3,(H,33,34)(H,36,37). The van der Waals surface area contributed by atoms with Gasteiger partial charge in [-0.1, -0.05) is 28.9 Å². The Morgan fingerprint density at radius 1 is 1.12 bits per heavy atom. The molecule has 3 unspecified atom stereocenters. The maximum absolute atomic E-state index is 13.6. The number of aromatic nitrogens is 9. The number of rotatable bonds is 4. The lowest BCUT2D eigenvalue weighted by Gasteiger charge is -2.17. The molecule has 1 aliphatic carbocycles. The summed E-state index contributed by atoms with van der Waals surface area (Å²) in [6.45, 7) is 1.96. The Balaban J connectivity index is 1.18. The van der Waals surface area contributed by atoms with Crippen molar-refractivity contribution >= 4 is 22.5 Å². The van der Waals surface area contributed by atoms with Crippen molar-refractivity contribution in [2.24, 2.45) is 5.92 Å². The number of benzene rings is 2. The van der Waals surface area contributed by atoms with Gasteiger partial charge >= 0.3 is 6.18 Å². The van der Waals surface area contributed by atoms with Gasteiger partial charge in [-0.2, -0.15) is 18.3 Å². The second-order valence-electron chi connectivity index (χ2n) is 10.6. The smallest absolute Gasteiger partial charge is 0.340 e. The van der Waals surface area contributed by atoms with Crippen molar-refractivity contribution in [1.82, 2.24) is 44.7 Å². The highest BCUT2D eigenvalue weighted by Gasteiger charge is 2.55. The van der Waals surface area contributed by atoms with Crippen LogP contribution in [-0.2, 0) is 6.18 Å². The van der Waals surface area contributed by atoms with Crippen LogP contribution in [0.2, 0.25) is 5.02 Å². The number of H-pyrrole nitrogens is 2. The van der Waals surface area contributed by atoms with Crippen LogP contribution in [0.1, 0.15) is 41.3 Å². The first kappa shape index (κ1) is 25.0. The lowest BCUT2D eigenvalue weighted by atomic mass is 10.1. The van der Waals surface area contributed by atoms with E-state index in [-0.39, 0.29) is 29.1 Å². The van der Waals surface area contributed by atoms with Crippen LogP contribution in [0.4, 0.5) is 13.2 Å². The Morgan fingerprint density at radius 2 is 1.98 bits per heavy atom. The normalized spacial score (nSPS) is 19.3. The summed E-state index contributed by atoms with van der Waals surface area (Å²) >= 11 is 6.26. The summed E-state index contributed by atoms with van der Waals surface area (Å²) in [7, 11) is 0. The zero-order chi connectivity index (χ0) is 28.9. The molecule has 0 spiro atoms. The molecular formula is C28H19ClF3N9O. The van der Waals surface area contributed by atoms with Crippen molar-refractivity contribution < 1.29 is 13.2 Å². The van der Waals surface area contributed by atoms with Crippen LogP contribution in [0.5, 0.6) is 0 Å². The van der Waals surface area contributed by atoms with Crippen LogP contribution >= 0.6 is 11.6 Å². The van der Waals surface area contributed by atoms with Gasteiger partial charge in [-0.05, 0) is 43.5 Å². The predicted octanol–water partition coefficient (Wildman–Crippen LogP) is 5.44. The summed E-state index contributed by atoms with van der Waals surface area (Å²) in [5.74, 6) is 1.54. The molecule has 6 aromatic rings. The Kier molecular flexibility index (Phi) is 5.12. The van der Waals surface area contributed by atoms with E-state index in [1.165, 1.54) is 18.2 Å². The molecule has 14 heteroatoms. The number of hydrogen-bond donors (Lipinski definition) is 2. The molecule has 3 atom stereocenters. The summed E-state index contributed by atoms with van der Waals surface area (Å²) in [5.41, 5.74) is 3.03. The fourth-order valence-electron chi connectivity index (χ4n) is 5.96. The summed E-state index contributed by atoms with van der Waals surface area (Å²) in [5, 5.41) is 15.6. The number of fused-ring (bicyclic) bond motifs is 4. The molecular weight excluding hydrogens is 571 g/mol. The third-order valence-electron chi connectivity index (χ3n) is 8.03. The molecule has 210 valence electrons. The average Bonchev–Trinajstić information content (AvgIpc) is 3.37. The van der Waals surface area contributed by atoms with Crippen molar-refractivity contribution in [3.05, 3.63) is 93.1 Å². The number of halogens is 4. The SMILES string of the molecule is Cc1[nH]nc2cc(-c3ncc(C4C5CC5c5nc(-c6cc(Cl)ccc6-n6cc(C(F)(F)F)nn6)cc(=O)n54)[nH]3)ccc12. The fourth-order valence-corrected chi connectivity index (χ4v) is 6.13. The van der Waals surface area contributed by atoms with Crippen molar-refractivity contribution in [3.63, 3.8) is 0 Å². The van der Waals surface area contributed by atoms with Gasteiger partial charge in [0.15, 0.2) is 5.69 Å². The number of nitrogens with one attached hydrogen (secondary N) is 2. The Bertz CT molecular complexity index is 2110. The molecule has 4 aromatic heterocycles. The van der Waals surface area contributed by atoms with E-state index in [1.54, 1.807) is 16.8 Å². The van der Waals surface area contributed by atoms with Gasteiger partial charge in [0.05, 0.1) is 41.0 Å². The third-order valence-corrected chi connectivity index (χ3v) is 8.27. The zero-order valence-corrected chi connectivity index (χ0v) is 22.4. The topological polar surface area (TPSA) is 123 Å². The van der Waals surface area contributed by atoms with Crippen LogP contribution in [0.3, 0.4) is 0 Å². The number of imidazole rings is 1. The van der Waals surface area contributed by atoms with Gasteiger partial charge in [0, 0.05) is 39.2 Å². The van der Waals surface area contributed by atoms with E-state index < -0.39 is 11.9 Å². The maximum atomic E-state index is 13.6. The van der Waals surface area contributed by atoms with Gasteiger partial charge < -0.3 is 4.98 Å². The molecule has 8 rings (SSSR count). The summed E-state index contributed by atoms with van der Waals surface area (Å²) < 4.78 is 42.3. The number of aryl methyl sites for hydroxylation is 1. The molecule has 0 bridgehead atoms. The van der Waals surface area contributed by atoms with Gasteiger partial charge in [-0.25, -0.2) is 14.6 Å². The molecule has 5 heterocycles.